The SMILES string of the molecule is CC(=O)Nc1ccc(C)c(NC(=O)c2cnn(C)c2N(C)S(=O)(=O)c2ccc(C)cc2)c1. The summed E-state index contributed by atoms with van der Waals surface area (Å²) in [5.74, 6) is -0.635. The molecular formula is C22H25N5O4S. The lowest BCUT2D eigenvalue weighted by atomic mass is 10.1. The molecule has 0 saturated carbocycles. The Morgan fingerprint density at radius 3 is 2.31 bits per heavy atom. The number of aromatic nitrogens is 2. The molecule has 0 radical (unpaired) electrons. The number of amides is 2. The predicted octanol–water partition coefficient (Wildman–Crippen LogP) is 3.07. The Morgan fingerprint density at radius 2 is 1.69 bits per heavy atom. The topological polar surface area (TPSA) is 113 Å². The molecule has 1 heterocycles. The van der Waals surface area contributed by atoms with Gasteiger partial charge in [-0.25, -0.2) is 8.42 Å². The van der Waals surface area contributed by atoms with Crippen LogP contribution in [0.25, 0.3) is 0 Å². The first-order chi connectivity index (χ1) is 15.0. The molecule has 2 N–H and O–H groups in total. The minimum Gasteiger partial charge on any atom is -0.326 e. The molecule has 9 nitrogen and oxygen atoms in total. The number of carbonyl (C=O) groups is 2. The van der Waals surface area contributed by atoms with Crippen LogP contribution in [0.2, 0.25) is 0 Å². The summed E-state index contributed by atoms with van der Waals surface area (Å²) in [7, 11) is -0.967. The number of hydrogen-bond acceptors (Lipinski definition) is 5. The molecule has 168 valence electrons. The second-order valence-electron chi connectivity index (χ2n) is 7.46. The van der Waals surface area contributed by atoms with Gasteiger partial charge in [0.25, 0.3) is 15.9 Å². The Balaban J connectivity index is 1.94. The lowest BCUT2D eigenvalue weighted by molar-refractivity contribution is -0.114. The van der Waals surface area contributed by atoms with E-state index in [0.29, 0.717) is 11.4 Å². The number of nitrogens with one attached hydrogen (secondary N) is 2. The van der Waals surface area contributed by atoms with E-state index in [2.05, 4.69) is 15.7 Å². The molecule has 0 saturated heterocycles. The van der Waals surface area contributed by atoms with Crippen molar-refractivity contribution in [1.82, 2.24) is 9.78 Å². The molecule has 3 aromatic rings. The number of sulfonamides is 1. The zero-order valence-electron chi connectivity index (χ0n) is 18.5. The zero-order valence-corrected chi connectivity index (χ0v) is 19.3. The van der Waals surface area contributed by atoms with Gasteiger partial charge in [-0.1, -0.05) is 23.8 Å². The number of anilines is 3. The van der Waals surface area contributed by atoms with Crippen LogP contribution in [0, 0.1) is 13.8 Å². The Hall–Kier alpha value is -3.66. The summed E-state index contributed by atoms with van der Waals surface area (Å²) in [6.07, 6.45) is 1.32. The summed E-state index contributed by atoms with van der Waals surface area (Å²) in [5.41, 5.74) is 2.82. The molecule has 0 bridgehead atoms. The fraction of sp³-hybridized carbons (Fsp3) is 0.227. The average Bonchev–Trinajstić information content (AvgIpc) is 3.11. The minimum absolute atomic E-state index is 0.0926. The highest BCUT2D eigenvalue weighted by molar-refractivity contribution is 7.92. The van der Waals surface area contributed by atoms with Crippen molar-refractivity contribution in [3.63, 3.8) is 0 Å². The summed E-state index contributed by atoms with van der Waals surface area (Å²) in [5, 5.41) is 9.54. The van der Waals surface area contributed by atoms with Crippen LogP contribution in [0.3, 0.4) is 0 Å². The van der Waals surface area contributed by atoms with Crippen molar-refractivity contribution < 1.29 is 18.0 Å². The van der Waals surface area contributed by atoms with Gasteiger partial charge in [0.1, 0.15) is 5.56 Å². The number of nitrogens with zero attached hydrogens (tertiary/aromatic N) is 3. The second kappa shape index (κ2) is 8.83. The van der Waals surface area contributed by atoms with Gasteiger partial charge < -0.3 is 10.6 Å². The molecule has 0 fully saturated rings. The molecule has 1 aromatic heterocycles. The largest absolute Gasteiger partial charge is 0.326 e. The molecule has 2 aromatic carbocycles. The Kier molecular flexibility index (Phi) is 6.35. The lowest BCUT2D eigenvalue weighted by Gasteiger charge is -2.21. The first kappa shape index (κ1) is 23.0. The van der Waals surface area contributed by atoms with E-state index in [4.69, 9.17) is 0 Å². The predicted molar refractivity (Wildman–Crippen MR) is 123 cm³/mol. The van der Waals surface area contributed by atoms with E-state index in [9.17, 15) is 18.0 Å². The highest BCUT2D eigenvalue weighted by Crippen LogP contribution is 2.27. The standard InChI is InChI=1S/C22H25N5O4S/c1-14-6-10-18(11-7-14)32(30,31)27(5)22-19(13-23-26(22)4)21(29)25-20-12-17(24-16(3)28)9-8-15(20)2/h6-13H,1-5H3,(H,24,28)(H,25,29). The van der Waals surface area contributed by atoms with E-state index in [-0.39, 0.29) is 22.2 Å². The maximum Gasteiger partial charge on any atom is 0.265 e. The molecule has 0 unspecified atom stereocenters. The van der Waals surface area contributed by atoms with Gasteiger partial charge in [0, 0.05) is 32.4 Å². The number of aryl methyl sites for hydroxylation is 3. The summed E-state index contributed by atoms with van der Waals surface area (Å²) >= 11 is 0. The molecule has 0 spiro atoms. The molecule has 0 aliphatic heterocycles. The van der Waals surface area contributed by atoms with Crippen molar-refractivity contribution in [1.29, 1.82) is 0 Å². The molecule has 2 amide bonds. The molecule has 0 aliphatic rings. The third-order valence-electron chi connectivity index (χ3n) is 4.94. The van der Waals surface area contributed by atoms with Crippen molar-refractivity contribution in [2.45, 2.75) is 25.7 Å². The summed E-state index contributed by atoms with van der Waals surface area (Å²) < 4.78 is 28.7. The minimum atomic E-state index is -3.91. The van der Waals surface area contributed by atoms with Crippen LogP contribution in [-0.2, 0) is 21.9 Å². The quantitative estimate of drug-likeness (QED) is 0.593. The Morgan fingerprint density at radius 1 is 1.03 bits per heavy atom. The van der Waals surface area contributed by atoms with E-state index < -0.39 is 15.9 Å². The first-order valence-electron chi connectivity index (χ1n) is 9.78. The van der Waals surface area contributed by atoms with Gasteiger partial charge in [0.2, 0.25) is 5.91 Å². The smallest absolute Gasteiger partial charge is 0.265 e. The molecule has 10 heteroatoms. The Bertz CT molecular complexity index is 1280. The molecular weight excluding hydrogens is 430 g/mol. The highest BCUT2D eigenvalue weighted by Gasteiger charge is 2.28. The molecule has 3 rings (SSSR count). The van der Waals surface area contributed by atoms with Crippen LogP contribution >= 0.6 is 0 Å². The number of hydrogen-bond donors (Lipinski definition) is 2. The van der Waals surface area contributed by atoms with Gasteiger partial charge in [0.05, 0.1) is 11.1 Å². The van der Waals surface area contributed by atoms with Crippen molar-refractivity contribution in [3.8, 4) is 0 Å². The lowest BCUT2D eigenvalue weighted by Crippen LogP contribution is -2.30. The highest BCUT2D eigenvalue weighted by atomic mass is 32.2. The van der Waals surface area contributed by atoms with Crippen LogP contribution in [0.1, 0.15) is 28.4 Å². The van der Waals surface area contributed by atoms with Crippen molar-refractivity contribution in [2.24, 2.45) is 7.05 Å². The van der Waals surface area contributed by atoms with Gasteiger partial charge in [-0.05, 0) is 43.7 Å². The fourth-order valence-electron chi connectivity index (χ4n) is 3.17. The third kappa shape index (κ3) is 4.65. The van der Waals surface area contributed by atoms with E-state index >= 15 is 0 Å². The van der Waals surface area contributed by atoms with E-state index in [1.54, 1.807) is 37.4 Å². The summed E-state index contributed by atoms with van der Waals surface area (Å²) in [4.78, 5) is 24.5. The Labute approximate surface area is 187 Å². The zero-order chi connectivity index (χ0) is 23.6. The first-order valence-corrected chi connectivity index (χ1v) is 11.2. The fourth-order valence-corrected chi connectivity index (χ4v) is 4.41. The van der Waals surface area contributed by atoms with E-state index in [1.165, 1.54) is 37.0 Å². The number of rotatable bonds is 6. The van der Waals surface area contributed by atoms with Crippen LogP contribution < -0.4 is 14.9 Å². The number of carbonyl (C=O) groups excluding carboxylic acids is 2. The van der Waals surface area contributed by atoms with Crippen LogP contribution in [-0.4, -0.2) is 37.1 Å². The van der Waals surface area contributed by atoms with Crippen molar-refractivity contribution in [2.75, 3.05) is 22.0 Å². The molecule has 32 heavy (non-hydrogen) atoms. The van der Waals surface area contributed by atoms with Crippen LogP contribution in [0.5, 0.6) is 0 Å². The van der Waals surface area contributed by atoms with Crippen molar-refractivity contribution in [3.05, 3.63) is 65.4 Å². The normalized spacial score (nSPS) is 11.2. The monoisotopic (exact) mass is 455 g/mol. The van der Waals surface area contributed by atoms with Crippen LogP contribution in [0.15, 0.2) is 53.6 Å². The van der Waals surface area contributed by atoms with Gasteiger partial charge in [-0.2, -0.15) is 5.10 Å². The third-order valence-corrected chi connectivity index (χ3v) is 6.70. The number of benzene rings is 2. The van der Waals surface area contributed by atoms with E-state index in [1.807, 2.05) is 13.8 Å². The van der Waals surface area contributed by atoms with Gasteiger partial charge in [-0.15, -0.1) is 0 Å². The summed E-state index contributed by atoms with van der Waals surface area (Å²) in [6.45, 7) is 5.07. The maximum atomic E-state index is 13.1. The van der Waals surface area contributed by atoms with Crippen molar-refractivity contribution >= 4 is 39.0 Å². The van der Waals surface area contributed by atoms with E-state index in [0.717, 1.165) is 15.4 Å². The summed E-state index contributed by atoms with van der Waals surface area (Å²) in [6, 6.07) is 11.6. The van der Waals surface area contributed by atoms with Gasteiger partial charge in [0.15, 0.2) is 5.82 Å². The molecule has 0 atom stereocenters. The maximum absolute atomic E-state index is 13.1. The second-order valence-corrected chi connectivity index (χ2v) is 9.43. The van der Waals surface area contributed by atoms with Crippen LogP contribution in [0.4, 0.5) is 17.2 Å². The van der Waals surface area contributed by atoms with Gasteiger partial charge >= 0.3 is 0 Å². The van der Waals surface area contributed by atoms with Gasteiger partial charge in [-0.3, -0.25) is 18.6 Å². The average molecular weight is 456 g/mol. The molecule has 0 aliphatic carbocycles.